The minimum atomic E-state index is -0.765. The zero-order valence-corrected chi connectivity index (χ0v) is 35.1. The standard InChI is InChI=1S/C48H62N4O7/c1-33(2)29-42(41(22-14-17-35-15-6-5-7-16-35)47(55)50-59-45-23-12-13-28-57-45)46(54)49-52(31-34(3)4)44(53)30-36-24-26-51(27-25-36)48(56)58-32-43-39-20-10-8-18-37(39)38-19-9-11-21-40(38)43/h5-11,14-21,33-34,36,41-43,45H,12-13,22-32H2,1-4H3,(H,49,54)(H,50,55)/t41-,42+,45?/m0/s1. The van der Waals surface area contributed by atoms with Crippen molar-refractivity contribution in [3.8, 4) is 11.1 Å². The predicted molar refractivity (Wildman–Crippen MR) is 228 cm³/mol. The summed E-state index contributed by atoms with van der Waals surface area (Å²) in [5.74, 6) is -2.26. The summed E-state index contributed by atoms with van der Waals surface area (Å²) >= 11 is 0. The molecule has 1 unspecified atom stereocenters. The van der Waals surface area contributed by atoms with Crippen LogP contribution in [0.25, 0.3) is 17.2 Å². The number of carbonyl (C=O) groups excluding carboxylic acids is 4. The van der Waals surface area contributed by atoms with Gasteiger partial charge in [0, 0.05) is 45.0 Å². The molecule has 2 heterocycles. The van der Waals surface area contributed by atoms with Crippen molar-refractivity contribution in [1.82, 2.24) is 20.8 Å². The first kappa shape index (κ1) is 43.6. The van der Waals surface area contributed by atoms with Crippen LogP contribution in [-0.4, -0.2) is 72.9 Å². The molecule has 6 rings (SSSR count). The van der Waals surface area contributed by atoms with Crippen LogP contribution in [-0.2, 0) is 28.7 Å². The van der Waals surface area contributed by atoms with E-state index in [1.54, 1.807) is 4.90 Å². The number of hydrazine groups is 1. The summed E-state index contributed by atoms with van der Waals surface area (Å²) in [5, 5.41) is 1.44. The summed E-state index contributed by atoms with van der Waals surface area (Å²) in [6, 6.07) is 26.4. The molecule has 0 spiro atoms. The van der Waals surface area contributed by atoms with Crippen molar-refractivity contribution in [3.63, 3.8) is 0 Å². The molecule has 0 bridgehead atoms. The number of benzene rings is 3. The molecule has 3 aromatic carbocycles. The number of nitrogens with zero attached hydrogens (tertiary/aromatic N) is 2. The van der Waals surface area contributed by atoms with Crippen LogP contribution >= 0.6 is 0 Å². The fourth-order valence-electron chi connectivity index (χ4n) is 8.49. The largest absolute Gasteiger partial charge is 0.448 e. The first-order valence-electron chi connectivity index (χ1n) is 21.6. The normalized spacial score (nSPS) is 18.0. The Morgan fingerprint density at radius 3 is 2.10 bits per heavy atom. The molecule has 4 amide bonds. The molecular weight excluding hydrogens is 745 g/mol. The fraction of sp³-hybridized carbons (Fsp3) is 0.500. The number of piperidine rings is 1. The summed E-state index contributed by atoms with van der Waals surface area (Å²) in [4.78, 5) is 62.9. The molecular formula is C48H62N4O7. The van der Waals surface area contributed by atoms with Gasteiger partial charge in [0.05, 0.1) is 11.8 Å². The van der Waals surface area contributed by atoms with Crippen LogP contribution in [0, 0.1) is 29.6 Å². The van der Waals surface area contributed by atoms with Gasteiger partial charge in [-0.2, -0.15) is 0 Å². The Morgan fingerprint density at radius 1 is 0.814 bits per heavy atom. The Labute approximate surface area is 349 Å². The number of nitrogens with one attached hydrogen (secondary N) is 2. The van der Waals surface area contributed by atoms with Crippen LogP contribution in [0.3, 0.4) is 0 Å². The maximum absolute atomic E-state index is 14.3. The third-order valence-electron chi connectivity index (χ3n) is 11.6. The Kier molecular flexibility index (Phi) is 15.7. The maximum atomic E-state index is 14.3. The Bertz CT molecular complexity index is 1840. The summed E-state index contributed by atoms with van der Waals surface area (Å²) in [6.45, 7) is 10.2. The van der Waals surface area contributed by atoms with Crippen molar-refractivity contribution < 1.29 is 33.5 Å². The highest BCUT2D eigenvalue weighted by molar-refractivity contribution is 5.89. The fourth-order valence-corrected chi connectivity index (χ4v) is 8.49. The van der Waals surface area contributed by atoms with Gasteiger partial charge in [0.1, 0.15) is 6.61 Å². The minimum absolute atomic E-state index is 0.0105. The molecule has 2 fully saturated rings. The highest BCUT2D eigenvalue weighted by Gasteiger charge is 2.37. The number of ether oxygens (including phenoxy) is 2. The Balaban J connectivity index is 1.06. The van der Waals surface area contributed by atoms with Crippen LogP contribution in [0.2, 0.25) is 0 Å². The number of carbonyl (C=O) groups is 4. The average molecular weight is 807 g/mol. The Morgan fingerprint density at radius 2 is 1.47 bits per heavy atom. The topological polar surface area (TPSA) is 127 Å². The third-order valence-corrected chi connectivity index (χ3v) is 11.6. The van der Waals surface area contributed by atoms with Crippen LogP contribution < -0.4 is 10.9 Å². The number of rotatable bonds is 16. The van der Waals surface area contributed by atoms with E-state index in [2.05, 4.69) is 35.2 Å². The molecule has 0 radical (unpaired) electrons. The number of likely N-dealkylation sites (tertiary alicyclic amines) is 1. The van der Waals surface area contributed by atoms with E-state index in [0.29, 0.717) is 58.3 Å². The van der Waals surface area contributed by atoms with E-state index in [-0.39, 0.29) is 54.6 Å². The third kappa shape index (κ3) is 12.0. The second kappa shape index (κ2) is 21.3. The number of hydrogen-bond acceptors (Lipinski definition) is 7. The second-order valence-corrected chi connectivity index (χ2v) is 17.1. The SMILES string of the molecule is CC(C)C[C@@H](C(=O)NN(CC(C)C)C(=O)CC1CCN(C(=O)OCC2c3ccccc3-c3ccccc32)CC1)[C@H](CC=Cc1ccccc1)C(=O)NOC1CCCCO1. The molecule has 3 atom stereocenters. The van der Waals surface area contributed by atoms with Crippen molar-refractivity contribution in [3.05, 3.63) is 102 Å². The van der Waals surface area contributed by atoms with Crippen molar-refractivity contribution in [2.45, 2.75) is 91.3 Å². The molecule has 2 aliphatic heterocycles. The zero-order valence-electron chi connectivity index (χ0n) is 35.1. The highest BCUT2D eigenvalue weighted by Crippen LogP contribution is 2.44. The van der Waals surface area contributed by atoms with Crippen molar-refractivity contribution in [1.29, 1.82) is 0 Å². The van der Waals surface area contributed by atoms with E-state index in [0.717, 1.165) is 18.4 Å². The van der Waals surface area contributed by atoms with Crippen molar-refractivity contribution in [2.75, 3.05) is 32.8 Å². The summed E-state index contributed by atoms with van der Waals surface area (Å²) in [5.41, 5.74) is 11.3. The molecule has 316 valence electrons. The van der Waals surface area contributed by atoms with E-state index in [1.165, 1.54) is 27.3 Å². The molecule has 1 aliphatic carbocycles. The Hall–Kier alpha value is -5.00. The maximum Gasteiger partial charge on any atom is 0.409 e. The molecule has 2 saturated heterocycles. The van der Waals surface area contributed by atoms with Gasteiger partial charge < -0.3 is 14.4 Å². The van der Waals surface area contributed by atoms with E-state index in [9.17, 15) is 19.2 Å². The van der Waals surface area contributed by atoms with Gasteiger partial charge in [0.2, 0.25) is 17.7 Å². The van der Waals surface area contributed by atoms with Crippen molar-refractivity contribution in [2.24, 2.45) is 29.6 Å². The number of hydroxylamine groups is 1. The van der Waals surface area contributed by atoms with Gasteiger partial charge in [0.25, 0.3) is 0 Å². The molecule has 11 nitrogen and oxygen atoms in total. The average Bonchev–Trinajstić information content (AvgIpc) is 3.56. The summed E-state index contributed by atoms with van der Waals surface area (Å²) in [7, 11) is 0. The monoisotopic (exact) mass is 806 g/mol. The lowest BCUT2D eigenvalue weighted by molar-refractivity contribution is -0.203. The molecule has 3 aliphatic rings. The number of amides is 4. The van der Waals surface area contributed by atoms with E-state index < -0.39 is 24.0 Å². The summed E-state index contributed by atoms with van der Waals surface area (Å²) in [6.07, 6.45) is 7.82. The van der Waals surface area contributed by atoms with Crippen LogP contribution in [0.1, 0.15) is 102 Å². The predicted octanol–water partition coefficient (Wildman–Crippen LogP) is 8.51. The lowest BCUT2D eigenvalue weighted by Gasteiger charge is -2.34. The first-order chi connectivity index (χ1) is 28.6. The lowest BCUT2D eigenvalue weighted by Crippen LogP contribution is -2.53. The minimum Gasteiger partial charge on any atom is -0.448 e. The van der Waals surface area contributed by atoms with E-state index in [4.69, 9.17) is 14.3 Å². The molecule has 2 N–H and O–H groups in total. The molecule has 0 saturated carbocycles. The highest BCUT2D eigenvalue weighted by atomic mass is 16.8. The lowest BCUT2D eigenvalue weighted by atomic mass is 9.82. The molecule has 3 aromatic rings. The van der Waals surface area contributed by atoms with Gasteiger partial charge in [-0.1, -0.05) is 119 Å². The van der Waals surface area contributed by atoms with E-state index in [1.807, 2.05) is 94.4 Å². The van der Waals surface area contributed by atoms with Gasteiger partial charge in [-0.25, -0.2) is 15.1 Å². The molecule has 0 aromatic heterocycles. The van der Waals surface area contributed by atoms with Gasteiger partial charge >= 0.3 is 6.09 Å². The number of hydrogen-bond donors (Lipinski definition) is 2. The van der Waals surface area contributed by atoms with Crippen LogP contribution in [0.15, 0.2) is 84.9 Å². The van der Waals surface area contributed by atoms with Gasteiger partial charge in [-0.15, -0.1) is 0 Å². The first-order valence-corrected chi connectivity index (χ1v) is 21.6. The number of allylic oxidation sites excluding steroid dienone is 1. The zero-order chi connectivity index (χ0) is 41.7. The van der Waals surface area contributed by atoms with E-state index >= 15 is 0 Å². The quantitative estimate of drug-likeness (QED) is 0.139. The smallest absolute Gasteiger partial charge is 0.409 e. The van der Waals surface area contributed by atoms with Crippen LogP contribution in [0.4, 0.5) is 4.79 Å². The van der Waals surface area contributed by atoms with Gasteiger partial charge in [-0.05, 0) is 84.1 Å². The molecule has 59 heavy (non-hydrogen) atoms. The number of fused-ring (bicyclic) bond motifs is 3. The van der Waals surface area contributed by atoms with Crippen LogP contribution in [0.5, 0.6) is 0 Å². The second-order valence-electron chi connectivity index (χ2n) is 17.1. The summed E-state index contributed by atoms with van der Waals surface area (Å²) < 4.78 is 11.6. The molecule has 11 heteroatoms. The van der Waals surface area contributed by atoms with Crippen molar-refractivity contribution >= 4 is 29.9 Å². The van der Waals surface area contributed by atoms with Gasteiger partial charge in [0.15, 0.2) is 6.29 Å². The van der Waals surface area contributed by atoms with Gasteiger partial charge in [-0.3, -0.25) is 24.8 Å².